The van der Waals surface area contributed by atoms with E-state index in [4.69, 9.17) is 0 Å². The Kier molecular flexibility index (Phi) is 5.04. The lowest BCUT2D eigenvalue weighted by molar-refractivity contribution is -0.112. The molecule has 118 valence electrons. The van der Waals surface area contributed by atoms with E-state index in [-0.39, 0.29) is 5.78 Å². The van der Waals surface area contributed by atoms with E-state index in [2.05, 4.69) is 53.4 Å². The number of benzene rings is 2. The van der Waals surface area contributed by atoms with Gasteiger partial charge in [-0.2, -0.15) is 0 Å². The number of allylic oxidation sites excluding steroid dienone is 1. The van der Waals surface area contributed by atoms with Crippen LogP contribution in [0.15, 0.2) is 54.6 Å². The molecule has 0 saturated carbocycles. The van der Waals surface area contributed by atoms with Crippen LogP contribution in [0.4, 0.5) is 0 Å². The third kappa shape index (κ3) is 4.40. The lowest BCUT2D eigenvalue weighted by Gasteiger charge is -2.29. The largest absolute Gasteiger partial charge is 0.298 e. The lowest BCUT2D eigenvalue weighted by Crippen LogP contribution is -2.32. The topological polar surface area (TPSA) is 20.3 Å². The normalized spacial score (nSPS) is 14.8. The molecule has 1 aliphatic rings. The fraction of sp³-hybridized carbons (Fsp3) is 0.286. The molecule has 2 heteroatoms. The molecular formula is C21H23NO. The predicted molar refractivity (Wildman–Crippen MR) is 95.3 cm³/mol. The zero-order valence-electron chi connectivity index (χ0n) is 13.7. The number of hydrogen-bond donors (Lipinski definition) is 0. The summed E-state index contributed by atoms with van der Waals surface area (Å²) >= 11 is 0. The van der Waals surface area contributed by atoms with Gasteiger partial charge in [-0.15, -0.1) is 0 Å². The van der Waals surface area contributed by atoms with Gasteiger partial charge in [0.2, 0.25) is 0 Å². The van der Waals surface area contributed by atoms with Crippen LogP contribution in [0.2, 0.25) is 0 Å². The van der Waals surface area contributed by atoms with Crippen molar-refractivity contribution in [2.24, 2.45) is 0 Å². The van der Waals surface area contributed by atoms with Crippen molar-refractivity contribution in [3.8, 4) is 0 Å². The molecule has 2 aromatic rings. The summed E-state index contributed by atoms with van der Waals surface area (Å²) in [7, 11) is 0. The first-order valence-corrected chi connectivity index (χ1v) is 8.27. The maximum Gasteiger partial charge on any atom is 0.152 e. The van der Waals surface area contributed by atoms with E-state index in [0.29, 0.717) is 0 Å². The third-order valence-electron chi connectivity index (χ3n) is 4.39. The van der Waals surface area contributed by atoms with Crippen molar-refractivity contribution < 1.29 is 4.79 Å². The van der Waals surface area contributed by atoms with Crippen LogP contribution in [0, 0.1) is 0 Å². The average molecular weight is 305 g/mol. The molecule has 0 saturated heterocycles. The fourth-order valence-electron chi connectivity index (χ4n) is 3.08. The van der Waals surface area contributed by atoms with E-state index in [1.54, 1.807) is 13.0 Å². The highest BCUT2D eigenvalue weighted by molar-refractivity contribution is 5.91. The van der Waals surface area contributed by atoms with Gasteiger partial charge in [-0.25, -0.2) is 0 Å². The molecule has 0 radical (unpaired) electrons. The molecule has 0 aromatic heterocycles. The molecule has 0 unspecified atom stereocenters. The minimum atomic E-state index is 0.0900. The SMILES string of the molecule is CC(=O)/C=C/c1ccc2c(c1)CN(CCc1ccccc1)CC2. The molecule has 0 atom stereocenters. The van der Waals surface area contributed by atoms with Crippen LogP contribution in [0.5, 0.6) is 0 Å². The summed E-state index contributed by atoms with van der Waals surface area (Å²) in [6.45, 7) is 4.81. The number of rotatable bonds is 5. The number of ketones is 1. The van der Waals surface area contributed by atoms with Crippen LogP contribution in [0.1, 0.15) is 29.2 Å². The zero-order valence-corrected chi connectivity index (χ0v) is 13.7. The standard InChI is InChI=1S/C21H23NO/c1-17(23)7-8-19-9-10-20-12-14-22(16-21(20)15-19)13-11-18-5-3-2-4-6-18/h2-10,15H,11-14,16H2,1H3/b8-7+. The Morgan fingerprint density at radius 1 is 1.13 bits per heavy atom. The highest BCUT2D eigenvalue weighted by Crippen LogP contribution is 2.21. The highest BCUT2D eigenvalue weighted by Gasteiger charge is 2.15. The number of carbonyl (C=O) groups is 1. The maximum absolute atomic E-state index is 11.1. The molecule has 2 aromatic carbocycles. The molecule has 0 spiro atoms. The molecule has 0 fully saturated rings. The second-order valence-corrected chi connectivity index (χ2v) is 6.23. The Hall–Kier alpha value is -2.19. The molecule has 0 aliphatic carbocycles. The second kappa shape index (κ2) is 7.38. The van der Waals surface area contributed by atoms with Crippen LogP contribution < -0.4 is 0 Å². The van der Waals surface area contributed by atoms with Gasteiger partial charge in [-0.3, -0.25) is 9.69 Å². The van der Waals surface area contributed by atoms with Crippen molar-refractivity contribution in [1.82, 2.24) is 4.90 Å². The maximum atomic E-state index is 11.1. The highest BCUT2D eigenvalue weighted by atomic mass is 16.1. The van der Waals surface area contributed by atoms with Gasteiger partial charge < -0.3 is 0 Å². The molecule has 0 bridgehead atoms. The molecule has 1 heterocycles. The molecule has 0 N–H and O–H groups in total. The van der Waals surface area contributed by atoms with Crippen molar-refractivity contribution in [3.63, 3.8) is 0 Å². The molecule has 23 heavy (non-hydrogen) atoms. The van der Waals surface area contributed by atoms with Crippen molar-refractivity contribution in [2.75, 3.05) is 13.1 Å². The van der Waals surface area contributed by atoms with Crippen LogP contribution in [-0.2, 0) is 24.2 Å². The van der Waals surface area contributed by atoms with Gasteiger partial charge in [0.25, 0.3) is 0 Å². The zero-order chi connectivity index (χ0) is 16.1. The van der Waals surface area contributed by atoms with Gasteiger partial charge in [0.15, 0.2) is 5.78 Å². The van der Waals surface area contributed by atoms with Gasteiger partial charge in [-0.1, -0.05) is 54.6 Å². The number of fused-ring (bicyclic) bond motifs is 1. The quantitative estimate of drug-likeness (QED) is 0.781. The lowest BCUT2D eigenvalue weighted by atomic mass is 9.97. The van der Waals surface area contributed by atoms with E-state index in [9.17, 15) is 4.79 Å². The van der Waals surface area contributed by atoms with E-state index < -0.39 is 0 Å². The number of hydrogen-bond acceptors (Lipinski definition) is 2. The minimum Gasteiger partial charge on any atom is -0.298 e. The van der Waals surface area contributed by atoms with Crippen molar-refractivity contribution in [2.45, 2.75) is 26.3 Å². The summed E-state index contributed by atoms with van der Waals surface area (Å²) < 4.78 is 0. The Morgan fingerprint density at radius 3 is 2.74 bits per heavy atom. The minimum absolute atomic E-state index is 0.0900. The van der Waals surface area contributed by atoms with E-state index in [0.717, 1.165) is 38.0 Å². The van der Waals surface area contributed by atoms with E-state index in [1.165, 1.54) is 16.7 Å². The first-order valence-electron chi connectivity index (χ1n) is 8.27. The second-order valence-electron chi connectivity index (χ2n) is 6.23. The predicted octanol–water partition coefficient (Wildman–Crippen LogP) is 3.89. The Labute approximate surface area is 138 Å². The molecule has 3 rings (SSSR count). The summed E-state index contributed by atoms with van der Waals surface area (Å²) in [4.78, 5) is 13.6. The van der Waals surface area contributed by atoms with Gasteiger partial charge >= 0.3 is 0 Å². The third-order valence-corrected chi connectivity index (χ3v) is 4.39. The van der Waals surface area contributed by atoms with E-state index >= 15 is 0 Å². The molecule has 0 amide bonds. The van der Waals surface area contributed by atoms with Crippen LogP contribution in [-0.4, -0.2) is 23.8 Å². The Bertz CT molecular complexity index is 703. The van der Waals surface area contributed by atoms with E-state index in [1.807, 2.05) is 6.08 Å². The summed E-state index contributed by atoms with van der Waals surface area (Å²) in [5, 5.41) is 0. The summed E-state index contributed by atoms with van der Waals surface area (Å²) in [6.07, 6.45) is 5.75. The first kappa shape index (κ1) is 15.7. The van der Waals surface area contributed by atoms with Gasteiger partial charge in [0.05, 0.1) is 0 Å². The molecular weight excluding hydrogens is 282 g/mol. The van der Waals surface area contributed by atoms with Gasteiger partial charge in [0.1, 0.15) is 0 Å². The number of nitrogens with zero attached hydrogens (tertiary/aromatic N) is 1. The smallest absolute Gasteiger partial charge is 0.152 e. The fourth-order valence-corrected chi connectivity index (χ4v) is 3.08. The van der Waals surface area contributed by atoms with Crippen LogP contribution >= 0.6 is 0 Å². The summed E-state index contributed by atoms with van der Waals surface area (Å²) in [5.74, 6) is 0.0900. The monoisotopic (exact) mass is 305 g/mol. The van der Waals surface area contributed by atoms with Crippen molar-refractivity contribution >= 4 is 11.9 Å². The molecule has 2 nitrogen and oxygen atoms in total. The van der Waals surface area contributed by atoms with Crippen molar-refractivity contribution in [3.05, 3.63) is 76.9 Å². The van der Waals surface area contributed by atoms with Gasteiger partial charge in [0, 0.05) is 19.6 Å². The molecule has 1 aliphatic heterocycles. The summed E-state index contributed by atoms with van der Waals surface area (Å²) in [5.41, 5.74) is 5.36. The van der Waals surface area contributed by atoms with Crippen molar-refractivity contribution in [1.29, 1.82) is 0 Å². The Morgan fingerprint density at radius 2 is 1.96 bits per heavy atom. The average Bonchev–Trinajstić information content (AvgIpc) is 2.58. The first-order chi connectivity index (χ1) is 11.2. The Balaban J connectivity index is 1.64. The van der Waals surface area contributed by atoms with Gasteiger partial charge in [-0.05, 0) is 48.1 Å². The number of carbonyl (C=O) groups excluding carboxylic acids is 1. The van der Waals surface area contributed by atoms with Crippen LogP contribution in [0.25, 0.3) is 6.08 Å². The summed E-state index contributed by atoms with van der Waals surface area (Å²) in [6, 6.07) is 17.2. The van der Waals surface area contributed by atoms with Crippen LogP contribution in [0.3, 0.4) is 0 Å².